The van der Waals surface area contributed by atoms with Crippen molar-refractivity contribution < 1.29 is 14.3 Å². The van der Waals surface area contributed by atoms with E-state index < -0.39 is 0 Å². The lowest BCUT2D eigenvalue weighted by molar-refractivity contribution is 0.0920. The minimum absolute atomic E-state index is 0.228. The van der Waals surface area contributed by atoms with Crippen molar-refractivity contribution in [3.8, 4) is 5.75 Å². The number of nitrogens with one attached hydrogen (secondary N) is 2. The molecule has 0 atom stereocenters. The topological polar surface area (TPSA) is 67.4 Å². The Balaban J connectivity index is 2.18. The van der Waals surface area contributed by atoms with Gasteiger partial charge in [0.1, 0.15) is 5.75 Å². The molecule has 0 radical (unpaired) electrons. The van der Waals surface area contributed by atoms with Crippen LogP contribution in [0.15, 0.2) is 48.5 Å². The minimum atomic E-state index is -0.362. The van der Waals surface area contributed by atoms with Crippen molar-refractivity contribution in [1.82, 2.24) is 5.32 Å². The van der Waals surface area contributed by atoms with Crippen molar-refractivity contribution in [1.29, 1.82) is 0 Å². The molecular weight excluding hydrogens is 328 g/mol. The minimum Gasteiger partial charge on any atom is -0.494 e. The number of anilines is 1. The van der Waals surface area contributed by atoms with Crippen LogP contribution in [0.25, 0.3) is 0 Å². The standard InChI is InChI=1S/C21H26N2O3/c1-5-13-26-16-10-8-9-15(14-16)19(24)22-18-12-7-6-11-17(18)20(25)23-21(2,3)4/h6-12,14H,5,13H2,1-4H3,(H,22,24)(H,23,25). The largest absolute Gasteiger partial charge is 0.494 e. The molecule has 0 aliphatic rings. The van der Waals surface area contributed by atoms with Gasteiger partial charge in [-0.1, -0.05) is 25.1 Å². The predicted molar refractivity (Wildman–Crippen MR) is 104 cm³/mol. The van der Waals surface area contributed by atoms with Crippen LogP contribution in [-0.2, 0) is 0 Å². The van der Waals surface area contributed by atoms with E-state index >= 15 is 0 Å². The zero-order chi connectivity index (χ0) is 19.2. The summed E-state index contributed by atoms with van der Waals surface area (Å²) in [5, 5.41) is 5.73. The van der Waals surface area contributed by atoms with Gasteiger partial charge in [0.25, 0.3) is 11.8 Å². The van der Waals surface area contributed by atoms with Gasteiger partial charge in [0.05, 0.1) is 17.9 Å². The smallest absolute Gasteiger partial charge is 0.255 e. The number of benzene rings is 2. The summed E-state index contributed by atoms with van der Waals surface area (Å²) in [6.45, 7) is 8.35. The third-order valence-electron chi connectivity index (χ3n) is 3.48. The lowest BCUT2D eigenvalue weighted by Crippen LogP contribution is -2.40. The highest BCUT2D eigenvalue weighted by atomic mass is 16.5. The van der Waals surface area contributed by atoms with Crippen molar-refractivity contribution >= 4 is 17.5 Å². The molecule has 0 spiro atoms. The van der Waals surface area contributed by atoms with E-state index in [0.717, 1.165) is 6.42 Å². The quantitative estimate of drug-likeness (QED) is 0.815. The molecule has 0 aromatic heterocycles. The summed E-state index contributed by atoms with van der Waals surface area (Å²) < 4.78 is 5.57. The lowest BCUT2D eigenvalue weighted by atomic mass is 10.1. The fourth-order valence-corrected chi connectivity index (χ4v) is 2.34. The fraction of sp³-hybridized carbons (Fsp3) is 0.333. The van der Waals surface area contributed by atoms with E-state index in [0.29, 0.717) is 29.2 Å². The monoisotopic (exact) mass is 354 g/mol. The Morgan fingerprint density at radius 3 is 2.42 bits per heavy atom. The van der Waals surface area contributed by atoms with Crippen LogP contribution >= 0.6 is 0 Å². The summed E-state index contributed by atoms with van der Waals surface area (Å²) in [7, 11) is 0. The van der Waals surface area contributed by atoms with E-state index in [1.807, 2.05) is 33.8 Å². The Kier molecular flexibility index (Phi) is 6.39. The Hall–Kier alpha value is -2.82. The average Bonchev–Trinajstić information content (AvgIpc) is 2.59. The second kappa shape index (κ2) is 8.52. The van der Waals surface area contributed by atoms with E-state index in [-0.39, 0.29) is 17.4 Å². The Bertz CT molecular complexity index is 779. The fourth-order valence-electron chi connectivity index (χ4n) is 2.34. The second-order valence-corrected chi connectivity index (χ2v) is 7.08. The van der Waals surface area contributed by atoms with E-state index in [9.17, 15) is 9.59 Å². The molecule has 26 heavy (non-hydrogen) atoms. The number of hydrogen-bond donors (Lipinski definition) is 2. The molecule has 2 rings (SSSR count). The summed E-state index contributed by atoms with van der Waals surface area (Å²) >= 11 is 0. The van der Waals surface area contributed by atoms with Crippen LogP contribution < -0.4 is 15.4 Å². The van der Waals surface area contributed by atoms with E-state index in [1.54, 1.807) is 42.5 Å². The molecule has 0 heterocycles. The molecule has 0 aliphatic carbocycles. The van der Waals surface area contributed by atoms with Gasteiger partial charge in [-0.05, 0) is 57.5 Å². The number of ether oxygens (including phenoxy) is 1. The number of amides is 2. The van der Waals surface area contributed by atoms with Crippen LogP contribution in [0.3, 0.4) is 0 Å². The highest BCUT2D eigenvalue weighted by Gasteiger charge is 2.19. The molecule has 2 aromatic carbocycles. The third kappa shape index (κ3) is 5.62. The first kappa shape index (κ1) is 19.5. The first-order valence-electron chi connectivity index (χ1n) is 8.76. The summed E-state index contributed by atoms with van der Waals surface area (Å²) in [4.78, 5) is 25.1. The van der Waals surface area contributed by atoms with Crippen LogP contribution in [0.5, 0.6) is 5.75 Å². The number of para-hydroxylation sites is 1. The Labute approximate surface area is 154 Å². The molecule has 0 aliphatic heterocycles. The molecule has 2 aromatic rings. The zero-order valence-corrected chi connectivity index (χ0v) is 15.8. The van der Waals surface area contributed by atoms with E-state index in [4.69, 9.17) is 4.74 Å². The molecule has 0 saturated carbocycles. The van der Waals surface area contributed by atoms with Gasteiger partial charge in [0, 0.05) is 11.1 Å². The molecule has 0 bridgehead atoms. The van der Waals surface area contributed by atoms with Gasteiger partial charge in [0.15, 0.2) is 0 Å². The van der Waals surface area contributed by atoms with E-state index in [2.05, 4.69) is 10.6 Å². The molecule has 138 valence electrons. The summed E-state index contributed by atoms with van der Waals surface area (Å²) in [5.74, 6) is 0.134. The maximum absolute atomic E-state index is 12.6. The number of carbonyl (C=O) groups excluding carboxylic acids is 2. The van der Waals surface area contributed by atoms with E-state index in [1.165, 1.54) is 0 Å². The molecule has 0 saturated heterocycles. The van der Waals surface area contributed by atoms with Crippen LogP contribution in [0.2, 0.25) is 0 Å². The van der Waals surface area contributed by atoms with Gasteiger partial charge in [-0.25, -0.2) is 0 Å². The van der Waals surface area contributed by atoms with Crippen LogP contribution in [0.1, 0.15) is 54.8 Å². The van der Waals surface area contributed by atoms with Gasteiger partial charge in [0.2, 0.25) is 0 Å². The van der Waals surface area contributed by atoms with Crippen LogP contribution in [0, 0.1) is 0 Å². The van der Waals surface area contributed by atoms with Gasteiger partial charge in [-0.3, -0.25) is 9.59 Å². The molecule has 5 heteroatoms. The first-order chi connectivity index (χ1) is 12.3. The molecular formula is C21H26N2O3. The van der Waals surface area contributed by atoms with Gasteiger partial charge in [-0.15, -0.1) is 0 Å². The zero-order valence-electron chi connectivity index (χ0n) is 15.8. The van der Waals surface area contributed by atoms with Crippen LogP contribution in [-0.4, -0.2) is 24.0 Å². The van der Waals surface area contributed by atoms with Crippen molar-refractivity contribution in [2.75, 3.05) is 11.9 Å². The van der Waals surface area contributed by atoms with Gasteiger partial charge < -0.3 is 15.4 Å². The predicted octanol–water partition coefficient (Wildman–Crippen LogP) is 4.26. The maximum Gasteiger partial charge on any atom is 0.255 e. The number of hydrogen-bond acceptors (Lipinski definition) is 3. The summed E-state index contributed by atoms with van der Waals surface area (Å²) in [6, 6.07) is 14.0. The van der Waals surface area contributed by atoms with Crippen molar-refractivity contribution in [2.45, 2.75) is 39.7 Å². The number of rotatable bonds is 6. The molecule has 2 amide bonds. The van der Waals surface area contributed by atoms with Gasteiger partial charge >= 0.3 is 0 Å². The molecule has 5 nitrogen and oxygen atoms in total. The van der Waals surface area contributed by atoms with Crippen molar-refractivity contribution in [3.63, 3.8) is 0 Å². The molecule has 2 N–H and O–H groups in total. The summed E-state index contributed by atoms with van der Waals surface area (Å²) in [5.41, 5.74) is 1.01. The SMILES string of the molecule is CCCOc1cccc(C(=O)Nc2ccccc2C(=O)NC(C)(C)C)c1. The molecule has 0 fully saturated rings. The third-order valence-corrected chi connectivity index (χ3v) is 3.48. The van der Waals surface area contributed by atoms with Crippen molar-refractivity contribution in [2.24, 2.45) is 0 Å². The Morgan fingerprint density at radius 2 is 1.73 bits per heavy atom. The highest BCUT2D eigenvalue weighted by Crippen LogP contribution is 2.19. The second-order valence-electron chi connectivity index (χ2n) is 7.08. The van der Waals surface area contributed by atoms with Crippen molar-refractivity contribution in [3.05, 3.63) is 59.7 Å². The van der Waals surface area contributed by atoms with Crippen LogP contribution in [0.4, 0.5) is 5.69 Å². The summed E-state index contributed by atoms with van der Waals surface area (Å²) in [6.07, 6.45) is 0.896. The number of carbonyl (C=O) groups is 2. The molecule has 0 unspecified atom stereocenters. The average molecular weight is 354 g/mol. The highest BCUT2D eigenvalue weighted by molar-refractivity contribution is 6.09. The Morgan fingerprint density at radius 1 is 1.00 bits per heavy atom. The maximum atomic E-state index is 12.6. The van der Waals surface area contributed by atoms with Gasteiger partial charge in [-0.2, -0.15) is 0 Å². The first-order valence-corrected chi connectivity index (χ1v) is 8.76. The lowest BCUT2D eigenvalue weighted by Gasteiger charge is -2.21. The normalized spacial score (nSPS) is 10.9.